The monoisotopic (exact) mass is 389 g/mol. The minimum atomic E-state index is -1.16. The summed E-state index contributed by atoms with van der Waals surface area (Å²) in [5, 5.41) is 21.6. The Hall–Kier alpha value is -2.45. The number of likely N-dealkylation sites (tertiary alicyclic amines) is 1. The van der Waals surface area contributed by atoms with Crippen molar-refractivity contribution in [2.45, 2.75) is 45.0 Å². The van der Waals surface area contributed by atoms with Gasteiger partial charge in [0.05, 0.1) is 24.2 Å². The van der Waals surface area contributed by atoms with Crippen LogP contribution in [0.5, 0.6) is 5.88 Å². The third-order valence-corrected chi connectivity index (χ3v) is 4.80. The highest BCUT2D eigenvalue weighted by molar-refractivity contribution is 5.78. The standard InChI is InChI=1S/C20H27N3O5/c1-20(2,3)28-19(26)23-10-8-12(11-23)17(24)18(25)13-7-9-21-14-5-6-15(27-4)22-16(13)14/h5-7,9,12,17-18,24-25H,8,10-11H2,1-4H3/t12-,17+,18+/m0/s1. The second-order valence-electron chi connectivity index (χ2n) is 8.03. The summed E-state index contributed by atoms with van der Waals surface area (Å²) >= 11 is 0. The van der Waals surface area contributed by atoms with E-state index in [2.05, 4.69) is 9.97 Å². The molecule has 1 saturated heterocycles. The van der Waals surface area contributed by atoms with Crippen molar-refractivity contribution in [1.82, 2.24) is 14.9 Å². The Morgan fingerprint density at radius 1 is 1.29 bits per heavy atom. The minimum absolute atomic E-state index is 0.267. The van der Waals surface area contributed by atoms with Gasteiger partial charge in [0.25, 0.3) is 0 Å². The third-order valence-electron chi connectivity index (χ3n) is 4.80. The molecule has 0 aromatic carbocycles. The predicted octanol–water partition coefficient (Wildman–Crippen LogP) is 2.29. The van der Waals surface area contributed by atoms with Crippen molar-refractivity contribution < 1.29 is 24.5 Å². The van der Waals surface area contributed by atoms with E-state index in [1.54, 1.807) is 29.3 Å². The van der Waals surface area contributed by atoms with Gasteiger partial charge in [-0.3, -0.25) is 4.98 Å². The number of carbonyl (C=O) groups excluding carboxylic acids is 1. The number of hydrogen-bond acceptors (Lipinski definition) is 7. The molecule has 0 spiro atoms. The quantitative estimate of drug-likeness (QED) is 0.826. The first-order valence-corrected chi connectivity index (χ1v) is 9.33. The Kier molecular flexibility index (Phi) is 5.71. The summed E-state index contributed by atoms with van der Waals surface area (Å²) < 4.78 is 10.5. The molecule has 3 heterocycles. The van der Waals surface area contributed by atoms with Crippen molar-refractivity contribution in [2.24, 2.45) is 5.92 Å². The Morgan fingerprint density at radius 3 is 2.71 bits per heavy atom. The van der Waals surface area contributed by atoms with E-state index in [4.69, 9.17) is 9.47 Å². The van der Waals surface area contributed by atoms with E-state index in [9.17, 15) is 15.0 Å². The number of aliphatic hydroxyl groups is 2. The second-order valence-corrected chi connectivity index (χ2v) is 8.03. The summed E-state index contributed by atoms with van der Waals surface area (Å²) in [6, 6.07) is 5.09. The average molecular weight is 389 g/mol. The summed E-state index contributed by atoms with van der Waals surface area (Å²) in [6.07, 6.45) is -0.460. The number of pyridine rings is 2. The van der Waals surface area contributed by atoms with E-state index >= 15 is 0 Å². The number of nitrogens with zero attached hydrogens (tertiary/aromatic N) is 3. The van der Waals surface area contributed by atoms with Crippen LogP contribution in [0.3, 0.4) is 0 Å². The predicted molar refractivity (Wildman–Crippen MR) is 103 cm³/mol. The smallest absolute Gasteiger partial charge is 0.410 e. The summed E-state index contributed by atoms with van der Waals surface area (Å²) in [5.74, 6) is 0.136. The van der Waals surface area contributed by atoms with Crippen LogP contribution in [-0.4, -0.2) is 63.1 Å². The van der Waals surface area contributed by atoms with Crippen LogP contribution in [0.25, 0.3) is 11.0 Å². The third kappa shape index (κ3) is 4.34. The fraction of sp³-hybridized carbons (Fsp3) is 0.550. The van der Waals surface area contributed by atoms with Gasteiger partial charge < -0.3 is 24.6 Å². The Morgan fingerprint density at radius 2 is 2.04 bits per heavy atom. The maximum Gasteiger partial charge on any atom is 0.410 e. The van der Waals surface area contributed by atoms with E-state index in [0.29, 0.717) is 42.0 Å². The molecule has 3 rings (SSSR count). The SMILES string of the molecule is COc1ccc2nccc([C@@H](O)[C@H](O)[C@H]3CCN(C(=O)OC(C)(C)C)C3)c2n1. The molecule has 1 aliphatic rings. The molecule has 28 heavy (non-hydrogen) atoms. The van der Waals surface area contributed by atoms with Gasteiger partial charge >= 0.3 is 6.09 Å². The highest BCUT2D eigenvalue weighted by Gasteiger charge is 2.37. The molecule has 0 unspecified atom stereocenters. The summed E-state index contributed by atoms with van der Waals surface area (Å²) in [5.41, 5.74) is 0.988. The number of methoxy groups -OCH3 is 1. The Labute approximate surface area is 164 Å². The van der Waals surface area contributed by atoms with Crippen molar-refractivity contribution in [3.05, 3.63) is 30.0 Å². The number of amides is 1. The zero-order chi connectivity index (χ0) is 20.5. The number of hydrogen-bond donors (Lipinski definition) is 2. The molecular formula is C20H27N3O5. The lowest BCUT2D eigenvalue weighted by molar-refractivity contribution is -0.0172. The van der Waals surface area contributed by atoms with Gasteiger partial charge in [0.15, 0.2) is 0 Å². The zero-order valence-corrected chi connectivity index (χ0v) is 16.6. The number of carbonyl (C=O) groups is 1. The molecule has 2 N–H and O–H groups in total. The van der Waals surface area contributed by atoms with Crippen LogP contribution < -0.4 is 4.74 Å². The molecule has 0 radical (unpaired) electrons. The number of fused-ring (bicyclic) bond motifs is 1. The normalized spacial score (nSPS) is 19.5. The van der Waals surface area contributed by atoms with Crippen molar-refractivity contribution in [3.63, 3.8) is 0 Å². The lowest BCUT2D eigenvalue weighted by atomic mass is 9.92. The molecule has 0 bridgehead atoms. The number of ether oxygens (including phenoxy) is 2. The molecule has 8 heteroatoms. The lowest BCUT2D eigenvalue weighted by Crippen LogP contribution is -2.37. The molecule has 2 aromatic heterocycles. The van der Waals surface area contributed by atoms with Crippen LogP contribution in [0.4, 0.5) is 4.79 Å². The van der Waals surface area contributed by atoms with Crippen LogP contribution in [0.1, 0.15) is 38.9 Å². The minimum Gasteiger partial charge on any atom is -0.481 e. The van der Waals surface area contributed by atoms with Gasteiger partial charge in [-0.25, -0.2) is 9.78 Å². The maximum absolute atomic E-state index is 12.2. The van der Waals surface area contributed by atoms with Crippen LogP contribution in [0, 0.1) is 5.92 Å². The number of aromatic nitrogens is 2. The van der Waals surface area contributed by atoms with Crippen molar-refractivity contribution in [1.29, 1.82) is 0 Å². The highest BCUT2D eigenvalue weighted by atomic mass is 16.6. The second kappa shape index (κ2) is 7.89. The molecule has 1 fully saturated rings. The lowest BCUT2D eigenvalue weighted by Gasteiger charge is -2.26. The van der Waals surface area contributed by atoms with Crippen molar-refractivity contribution in [2.75, 3.05) is 20.2 Å². The Bertz CT molecular complexity index is 851. The van der Waals surface area contributed by atoms with E-state index in [-0.39, 0.29) is 5.92 Å². The first-order valence-electron chi connectivity index (χ1n) is 9.33. The number of rotatable bonds is 4. The van der Waals surface area contributed by atoms with Crippen LogP contribution in [0.15, 0.2) is 24.4 Å². The van der Waals surface area contributed by atoms with Crippen LogP contribution in [0.2, 0.25) is 0 Å². The summed E-state index contributed by atoms with van der Waals surface area (Å²) in [6.45, 7) is 6.24. The largest absolute Gasteiger partial charge is 0.481 e. The maximum atomic E-state index is 12.2. The first-order chi connectivity index (χ1) is 13.2. The molecule has 1 amide bonds. The molecule has 0 saturated carbocycles. The average Bonchev–Trinajstić information content (AvgIpc) is 3.15. The topological polar surface area (TPSA) is 105 Å². The van der Waals surface area contributed by atoms with Gasteiger partial charge in [-0.05, 0) is 39.3 Å². The van der Waals surface area contributed by atoms with Gasteiger partial charge in [-0.1, -0.05) is 0 Å². The van der Waals surface area contributed by atoms with Crippen molar-refractivity contribution >= 4 is 17.1 Å². The van der Waals surface area contributed by atoms with E-state index in [0.717, 1.165) is 0 Å². The fourth-order valence-electron chi connectivity index (χ4n) is 3.38. The van der Waals surface area contributed by atoms with Gasteiger partial charge in [-0.15, -0.1) is 0 Å². The Balaban J connectivity index is 1.76. The van der Waals surface area contributed by atoms with Crippen LogP contribution in [-0.2, 0) is 4.74 Å². The molecule has 3 atom stereocenters. The first kappa shape index (κ1) is 20.3. The van der Waals surface area contributed by atoms with E-state index < -0.39 is 23.9 Å². The number of aliphatic hydroxyl groups excluding tert-OH is 2. The van der Waals surface area contributed by atoms with Gasteiger partial charge in [0.2, 0.25) is 5.88 Å². The fourth-order valence-corrected chi connectivity index (χ4v) is 3.38. The van der Waals surface area contributed by atoms with Crippen LogP contribution >= 0.6 is 0 Å². The molecule has 0 aliphatic carbocycles. The summed E-state index contributed by atoms with van der Waals surface area (Å²) in [4.78, 5) is 22.4. The summed E-state index contributed by atoms with van der Waals surface area (Å²) in [7, 11) is 1.51. The van der Waals surface area contributed by atoms with Crippen molar-refractivity contribution in [3.8, 4) is 5.88 Å². The van der Waals surface area contributed by atoms with Gasteiger partial charge in [-0.2, -0.15) is 0 Å². The molecular weight excluding hydrogens is 362 g/mol. The van der Waals surface area contributed by atoms with E-state index in [1.165, 1.54) is 7.11 Å². The van der Waals surface area contributed by atoms with Gasteiger partial charge in [0.1, 0.15) is 11.7 Å². The van der Waals surface area contributed by atoms with E-state index in [1.807, 2.05) is 20.8 Å². The van der Waals surface area contributed by atoms with Gasteiger partial charge in [0, 0.05) is 36.8 Å². The molecule has 1 aliphatic heterocycles. The molecule has 2 aromatic rings. The highest BCUT2D eigenvalue weighted by Crippen LogP contribution is 2.32. The molecule has 152 valence electrons. The molecule has 8 nitrogen and oxygen atoms in total. The zero-order valence-electron chi connectivity index (χ0n) is 16.6.